The number of anilines is 1. The van der Waals surface area contributed by atoms with Crippen LogP contribution in [0.4, 0.5) is 5.13 Å². The first-order valence-electron chi connectivity index (χ1n) is 5.31. The van der Waals surface area contributed by atoms with E-state index in [2.05, 4.69) is 14.7 Å². The van der Waals surface area contributed by atoms with Gasteiger partial charge in [-0.2, -0.15) is 4.37 Å². The Balaban J connectivity index is 2.56. The second-order valence-electron chi connectivity index (χ2n) is 3.79. The van der Waals surface area contributed by atoms with Crippen LogP contribution >= 0.6 is 11.5 Å². The van der Waals surface area contributed by atoms with Crippen molar-refractivity contribution < 1.29 is 9.47 Å². The summed E-state index contributed by atoms with van der Waals surface area (Å²) in [6.45, 7) is 7.95. The highest BCUT2D eigenvalue weighted by Crippen LogP contribution is 2.24. The van der Waals surface area contributed by atoms with E-state index < -0.39 is 5.60 Å². The predicted octanol–water partition coefficient (Wildman–Crippen LogP) is 1.87. The van der Waals surface area contributed by atoms with E-state index >= 15 is 0 Å². The van der Waals surface area contributed by atoms with Gasteiger partial charge in [0.05, 0.1) is 6.61 Å². The Kier molecular flexibility index (Phi) is 5.11. The van der Waals surface area contributed by atoms with Gasteiger partial charge >= 0.3 is 0 Å². The van der Waals surface area contributed by atoms with E-state index in [1.54, 1.807) is 7.11 Å². The molecule has 16 heavy (non-hydrogen) atoms. The highest BCUT2D eigenvalue weighted by Gasteiger charge is 2.25. The van der Waals surface area contributed by atoms with Gasteiger partial charge in [0.15, 0.2) is 5.82 Å². The van der Waals surface area contributed by atoms with Gasteiger partial charge in [-0.05, 0) is 20.8 Å². The van der Waals surface area contributed by atoms with Crippen LogP contribution in [0, 0.1) is 0 Å². The standard InChI is InChI=1S/C10H19N3O2S/c1-5-15-10(2,3)8-12-9(16-13-8)11-6-7-14-4/h5-7H2,1-4H3,(H,11,12,13). The SMILES string of the molecule is CCOC(C)(C)c1nsc(NCCOC)n1. The van der Waals surface area contributed by atoms with E-state index in [1.807, 2.05) is 20.8 Å². The summed E-state index contributed by atoms with van der Waals surface area (Å²) in [4.78, 5) is 4.39. The third kappa shape index (κ3) is 3.70. The van der Waals surface area contributed by atoms with Crippen molar-refractivity contribution in [3.63, 3.8) is 0 Å². The van der Waals surface area contributed by atoms with Crippen LogP contribution in [0.25, 0.3) is 0 Å². The Bertz CT molecular complexity index is 315. The fourth-order valence-corrected chi connectivity index (χ4v) is 1.95. The van der Waals surface area contributed by atoms with Gasteiger partial charge in [0.2, 0.25) is 5.13 Å². The molecular formula is C10H19N3O2S. The van der Waals surface area contributed by atoms with Gasteiger partial charge in [0, 0.05) is 31.8 Å². The topological polar surface area (TPSA) is 56.3 Å². The van der Waals surface area contributed by atoms with Gasteiger partial charge in [0.25, 0.3) is 0 Å². The maximum absolute atomic E-state index is 5.58. The van der Waals surface area contributed by atoms with Gasteiger partial charge in [-0.15, -0.1) is 0 Å². The summed E-state index contributed by atoms with van der Waals surface area (Å²) in [7, 11) is 1.67. The van der Waals surface area contributed by atoms with Crippen LogP contribution in [0.1, 0.15) is 26.6 Å². The number of aromatic nitrogens is 2. The normalized spacial score (nSPS) is 11.8. The number of ether oxygens (including phenoxy) is 2. The number of hydrogen-bond donors (Lipinski definition) is 1. The fraction of sp³-hybridized carbons (Fsp3) is 0.800. The van der Waals surface area contributed by atoms with Crippen molar-refractivity contribution in [2.24, 2.45) is 0 Å². The Hall–Kier alpha value is -0.720. The number of rotatable bonds is 7. The highest BCUT2D eigenvalue weighted by molar-refractivity contribution is 7.09. The Morgan fingerprint density at radius 3 is 2.81 bits per heavy atom. The largest absolute Gasteiger partial charge is 0.383 e. The lowest BCUT2D eigenvalue weighted by atomic mass is 10.1. The van der Waals surface area contributed by atoms with Crippen molar-refractivity contribution in [3.8, 4) is 0 Å². The van der Waals surface area contributed by atoms with Crippen LogP contribution in [0.3, 0.4) is 0 Å². The number of nitrogens with one attached hydrogen (secondary N) is 1. The molecule has 0 spiro atoms. The van der Waals surface area contributed by atoms with E-state index in [9.17, 15) is 0 Å². The van der Waals surface area contributed by atoms with Crippen molar-refractivity contribution in [2.45, 2.75) is 26.4 Å². The summed E-state index contributed by atoms with van der Waals surface area (Å²) in [6, 6.07) is 0. The van der Waals surface area contributed by atoms with Gasteiger partial charge in [0.1, 0.15) is 5.60 Å². The zero-order chi connectivity index (χ0) is 12.0. The number of nitrogens with zero attached hydrogens (tertiary/aromatic N) is 2. The quantitative estimate of drug-likeness (QED) is 0.743. The molecule has 1 aromatic heterocycles. The predicted molar refractivity (Wildman–Crippen MR) is 64.9 cm³/mol. The highest BCUT2D eigenvalue weighted by atomic mass is 32.1. The molecule has 0 bridgehead atoms. The molecule has 0 aliphatic rings. The zero-order valence-electron chi connectivity index (χ0n) is 10.2. The molecular weight excluding hydrogens is 226 g/mol. The first kappa shape index (κ1) is 13.3. The molecule has 1 heterocycles. The Morgan fingerprint density at radius 1 is 1.44 bits per heavy atom. The van der Waals surface area contributed by atoms with Crippen LogP contribution in [0.15, 0.2) is 0 Å². The molecule has 6 heteroatoms. The fourth-order valence-electron chi connectivity index (χ4n) is 1.23. The van der Waals surface area contributed by atoms with Crippen LogP contribution in [-0.2, 0) is 15.1 Å². The summed E-state index contributed by atoms with van der Waals surface area (Å²) in [6.07, 6.45) is 0. The molecule has 0 radical (unpaired) electrons. The molecule has 0 aliphatic carbocycles. The number of methoxy groups -OCH3 is 1. The van der Waals surface area contributed by atoms with E-state index in [-0.39, 0.29) is 0 Å². The first-order valence-corrected chi connectivity index (χ1v) is 6.08. The van der Waals surface area contributed by atoms with E-state index in [0.29, 0.717) is 13.2 Å². The van der Waals surface area contributed by atoms with Crippen LogP contribution in [-0.4, -0.2) is 36.2 Å². The molecule has 1 N–H and O–H groups in total. The maximum atomic E-state index is 5.58. The summed E-state index contributed by atoms with van der Waals surface area (Å²) >= 11 is 1.34. The minimum atomic E-state index is -0.424. The average molecular weight is 245 g/mol. The van der Waals surface area contributed by atoms with Crippen molar-refractivity contribution in [1.29, 1.82) is 0 Å². The molecule has 92 valence electrons. The Morgan fingerprint density at radius 2 is 2.19 bits per heavy atom. The molecule has 0 fully saturated rings. The third-order valence-corrected chi connectivity index (χ3v) is 2.72. The smallest absolute Gasteiger partial charge is 0.202 e. The molecule has 0 amide bonds. The average Bonchev–Trinajstić information content (AvgIpc) is 2.67. The second-order valence-corrected chi connectivity index (χ2v) is 4.54. The van der Waals surface area contributed by atoms with E-state index in [4.69, 9.17) is 9.47 Å². The molecule has 5 nitrogen and oxygen atoms in total. The van der Waals surface area contributed by atoms with Gasteiger partial charge in [-0.3, -0.25) is 0 Å². The third-order valence-electron chi connectivity index (χ3n) is 2.05. The van der Waals surface area contributed by atoms with Crippen LogP contribution < -0.4 is 5.32 Å². The molecule has 0 atom stereocenters. The van der Waals surface area contributed by atoms with Crippen molar-refractivity contribution in [1.82, 2.24) is 9.36 Å². The minimum Gasteiger partial charge on any atom is -0.383 e. The molecule has 0 saturated carbocycles. The van der Waals surface area contributed by atoms with Crippen molar-refractivity contribution in [3.05, 3.63) is 5.82 Å². The Labute approximate surface area is 100 Å². The monoisotopic (exact) mass is 245 g/mol. The lowest BCUT2D eigenvalue weighted by Gasteiger charge is -2.20. The van der Waals surface area contributed by atoms with Crippen LogP contribution in [0.2, 0.25) is 0 Å². The lowest BCUT2D eigenvalue weighted by Crippen LogP contribution is -2.23. The molecule has 1 rings (SSSR count). The molecule has 1 aromatic rings. The van der Waals surface area contributed by atoms with E-state index in [0.717, 1.165) is 17.5 Å². The zero-order valence-corrected chi connectivity index (χ0v) is 11.1. The number of hydrogen-bond acceptors (Lipinski definition) is 6. The maximum Gasteiger partial charge on any atom is 0.202 e. The summed E-state index contributed by atoms with van der Waals surface area (Å²) in [5.41, 5.74) is -0.424. The van der Waals surface area contributed by atoms with Gasteiger partial charge in [-0.25, -0.2) is 4.98 Å². The molecule has 0 saturated heterocycles. The summed E-state index contributed by atoms with van der Waals surface area (Å²) < 4.78 is 14.8. The lowest BCUT2D eigenvalue weighted by molar-refractivity contribution is -0.0198. The van der Waals surface area contributed by atoms with Crippen molar-refractivity contribution in [2.75, 3.05) is 32.2 Å². The molecule has 0 aromatic carbocycles. The summed E-state index contributed by atoms with van der Waals surface area (Å²) in [5, 5.41) is 3.95. The minimum absolute atomic E-state index is 0.424. The van der Waals surface area contributed by atoms with Crippen LogP contribution in [0.5, 0.6) is 0 Å². The first-order chi connectivity index (χ1) is 7.60. The van der Waals surface area contributed by atoms with E-state index in [1.165, 1.54) is 11.5 Å². The molecule has 0 unspecified atom stereocenters. The van der Waals surface area contributed by atoms with Gasteiger partial charge in [-0.1, -0.05) is 0 Å². The second kappa shape index (κ2) is 6.12. The molecule has 0 aliphatic heterocycles. The van der Waals surface area contributed by atoms with Gasteiger partial charge < -0.3 is 14.8 Å². The summed E-state index contributed by atoms with van der Waals surface area (Å²) in [5.74, 6) is 0.722. The van der Waals surface area contributed by atoms with Crippen molar-refractivity contribution >= 4 is 16.7 Å².